The van der Waals surface area contributed by atoms with Crippen molar-refractivity contribution in [2.75, 3.05) is 0 Å². The Hall–Kier alpha value is -2.20. The molecule has 0 aromatic heterocycles. The molecule has 2 aromatic carbocycles. The lowest BCUT2D eigenvalue weighted by Crippen LogP contribution is -2.34. The van der Waals surface area contributed by atoms with E-state index in [-0.39, 0.29) is 23.8 Å². The summed E-state index contributed by atoms with van der Waals surface area (Å²) in [7, 11) is 0. The molecule has 1 amide bonds. The molecule has 0 heterocycles. The molecule has 1 aliphatic carbocycles. The number of hydrogen-bond donors (Lipinski definition) is 2. The van der Waals surface area contributed by atoms with Gasteiger partial charge in [0, 0.05) is 17.6 Å². The number of amides is 1. The molecule has 3 N–H and O–H groups in total. The van der Waals surface area contributed by atoms with E-state index in [0.29, 0.717) is 5.56 Å². The molecule has 1 aliphatic rings. The Balaban J connectivity index is 1.77. The topological polar surface area (TPSA) is 55.1 Å². The molecule has 1 fully saturated rings. The quantitative estimate of drug-likeness (QED) is 0.915. The standard InChI is InChI=1S/C18H19FN2O/c19-15-6-2-4-13(10-15)12-3-1-5-14(9-12)18(22)21-17-8-7-16(20)11-17/h1-6,9-10,16-17H,7-8,11,20H2,(H,21,22)/t16-,17-/m0/s1. The molecule has 3 nitrogen and oxygen atoms in total. The molecule has 2 atom stereocenters. The number of benzene rings is 2. The summed E-state index contributed by atoms with van der Waals surface area (Å²) >= 11 is 0. The van der Waals surface area contributed by atoms with Crippen LogP contribution in [0.3, 0.4) is 0 Å². The van der Waals surface area contributed by atoms with Crippen LogP contribution < -0.4 is 11.1 Å². The second-order valence-electron chi connectivity index (χ2n) is 5.83. The third-order valence-electron chi connectivity index (χ3n) is 4.09. The number of carbonyl (C=O) groups is 1. The predicted octanol–water partition coefficient (Wildman–Crippen LogP) is 3.10. The molecule has 0 bridgehead atoms. The first-order valence-corrected chi connectivity index (χ1v) is 7.54. The van der Waals surface area contributed by atoms with Crippen LogP contribution in [0.5, 0.6) is 0 Å². The smallest absolute Gasteiger partial charge is 0.251 e. The van der Waals surface area contributed by atoms with Gasteiger partial charge in [0.1, 0.15) is 5.82 Å². The van der Waals surface area contributed by atoms with Gasteiger partial charge in [-0.2, -0.15) is 0 Å². The van der Waals surface area contributed by atoms with Crippen molar-refractivity contribution in [1.29, 1.82) is 0 Å². The molecule has 1 saturated carbocycles. The zero-order chi connectivity index (χ0) is 15.5. The minimum absolute atomic E-state index is 0.0997. The van der Waals surface area contributed by atoms with E-state index >= 15 is 0 Å². The summed E-state index contributed by atoms with van der Waals surface area (Å²) < 4.78 is 13.3. The van der Waals surface area contributed by atoms with Gasteiger partial charge in [0.2, 0.25) is 0 Å². The summed E-state index contributed by atoms with van der Waals surface area (Å²) in [5.74, 6) is -0.385. The third kappa shape index (κ3) is 3.34. The molecule has 0 aliphatic heterocycles. The van der Waals surface area contributed by atoms with Gasteiger partial charge in [0.25, 0.3) is 5.91 Å². The molecule has 0 saturated heterocycles. The van der Waals surface area contributed by atoms with E-state index < -0.39 is 0 Å². The van der Waals surface area contributed by atoms with Gasteiger partial charge in [-0.1, -0.05) is 24.3 Å². The van der Waals surface area contributed by atoms with Gasteiger partial charge in [-0.25, -0.2) is 4.39 Å². The fourth-order valence-electron chi connectivity index (χ4n) is 2.92. The number of hydrogen-bond acceptors (Lipinski definition) is 2. The van der Waals surface area contributed by atoms with Crippen molar-refractivity contribution in [3.8, 4) is 11.1 Å². The molecule has 114 valence electrons. The molecule has 0 unspecified atom stereocenters. The number of halogens is 1. The molecule has 2 aromatic rings. The van der Waals surface area contributed by atoms with Gasteiger partial charge in [0.15, 0.2) is 0 Å². The maximum atomic E-state index is 13.3. The van der Waals surface area contributed by atoms with E-state index in [4.69, 9.17) is 5.73 Å². The maximum absolute atomic E-state index is 13.3. The number of carbonyl (C=O) groups excluding carboxylic acids is 1. The minimum Gasteiger partial charge on any atom is -0.349 e. The summed E-state index contributed by atoms with van der Waals surface area (Å²) in [6.07, 6.45) is 2.71. The summed E-state index contributed by atoms with van der Waals surface area (Å²) in [6.45, 7) is 0. The van der Waals surface area contributed by atoms with Crippen LogP contribution in [0.25, 0.3) is 11.1 Å². The van der Waals surface area contributed by atoms with Crippen molar-refractivity contribution >= 4 is 5.91 Å². The molecule has 0 spiro atoms. The molecule has 4 heteroatoms. The first-order valence-electron chi connectivity index (χ1n) is 7.54. The Morgan fingerprint density at radius 2 is 1.82 bits per heavy atom. The summed E-state index contributed by atoms with van der Waals surface area (Å²) in [4.78, 5) is 12.3. The van der Waals surface area contributed by atoms with E-state index in [0.717, 1.165) is 30.4 Å². The highest BCUT2D eigenvalue weighted by molar-refractivity contribution is 5.95. The van der Waals surface area contributed by atoms with Crippen LogP contribution in [0.2, 0.25) is 0 Å². The van der Waals surface area contributed by atoms with Crippen LogP contribution >= 0.6 is 0 Å². The van der Waals surface area contributed by atoms with Gasteiger partial charge < -0.3 is 11.1 Å². The van der Waals surface area contributed by atoms with Crippen LogP contribution in [0.15, 0.2) is 48.5 Å². The van der Waals surface area contributed by atoms with Crippen molar-refractivity contribution < 1.29 is 9.18 Å². The van der Waals surface area contributed by atoms with E-state index in [1.165, 1.54) is 12.1 Å². The zero-order valence-corrected chi connectivity index (χ0v) is 12.3. The Labute approximate surface area is 129 Å². The van der Waals surface area contributed by atoms with E-state index in [2.05, 4.69) is 5.32 Å². The lowest BCUT2D eigenvalue weighted by molar-refractivity contribution is 0.0937. The predicted molar refractivity (Wildman–Crippen MR) is 84.9 cm³/mol. The van der Waals surface area contributed by atoms with Gasteiger partial charge in [-0.15, -0.1) is 0 Å². The highest BCUT2D eigenvalue weighted by Gasteiger charge is 2.23. The Morgan fingerprint density at radius 1 is 1.09 bits per heavy atom. The zero-order valence-electron chi connectivity index (χ0n) is 12.3. The number of nitrogens with one attached hydrogen (secondary N) is 1. The van der Waals surface area contributed by atoms with E-state index in [1.54, 1.807) is 18.2 Å². The van der Waals surface area contributed by atoms with Crippen molar-refractivity contribution in [2.45, 2.75) is 31.3 Å². The Kier molecular flexibility index (Phi) is 4.20. The molecular formula is C18H19FN2O. The number of nitrogens with two attached hydrogens (primary N) is 1. The van der Waals surface area contributed by atoms with Crippen LogP contribution in [0.1, 0.15) is 29.6 Å². The lowest BCUT2D eigenvalue weighted by Gasteiger charge is -2.13. The number of rotatable bonds is 3. The van der Waals surface area contributed by atoms with Gasteiger partial charge >= 0.3 is 0 Å². The average molecular weight is 298 g/mol. The minimum atomic E-state index is -0.285. The highest BCUT2D eigenvalue weighted by Crippen LogP contribution is 2.22. The SMILES string of the molecule is N[C@H]1CC[C@H](NC(=O)c2cccc(-c3cccc(F)c3)c2)C1. The monoisotopic (exact) mass is 298 g/mol. The van der Waals surface area contributed by atoms with Crippen LogP contribution in [0.4, 0.5) is 4.39 Å². The van der Waals surface area contributed by atoms with E-state index in [1.807, 2.05) is 18.2 Å². The van der Waals surface area contributed by atoms with Crippen LogP contribution in [0, 0.1) is 5.82 Å². The fourth-order valence-corrected chi connectivity index (χ4v) is 2.92. The Bertz CT molecular complexity index is 686. The second kappa shape index (κ2) is 6.28. The average Bonchev–Trinajstić information content (AvgIpc) is 2.92. The van der Waals surface area contributed by atoms with Gasteiger partial charge in [-0.3, -0.25) is 4.79 Å². The summed E-state index contributed by atoms with van der Waals surface area (Å²) in [5, 5.41) is 3.02. The summed E-state index contributed by atoms with van der Waals surface area (Å²) in [5.41, 5.74) is 8.04. The van der Waals surface area contributed by atoms with Gasteiger partial charge in [-0.05, 0) is 54.7 Å². The summed E-state index contributed by atoms with van der Waals surface area (Å²) in [6, 6.07) is 14.0. The lowest BCUT2D eigenvalue weighted by atomic mass is 10.0. The van der Waals surface area contributed by atoms with E-state index in [9.17, 15) is 9.18 Å². The molecule has 0 radical (unpaired) electrons. The largest absolute Gasteiger partial charge is 0.349 e. The van der Waals surface area contributed by atoms with Crippen molar-refractivity contribution in [1.82, 2.24) is 5.32 Å². The second-order valence-corrected chi connectivity index (χ2v) is 5.83. The first kappa shape index (κ1) is 14.7. The van der Waals surface area contributed by atoms with Crippen molar-refractivity contribution in [3.63, 3.8) is 0 Å². The normalized spacial score (nSPS) is 20.8. The fraction of sp³-hybridized carbons (Fsp3) is 0.278. The molecule has 22 heavy (non-hydrogen) atoms. The van der Waals surface area contributed by atoms with Gasteiger partial charge in [0.05, 0.1) is 0 Å². The van der Waals surface area contributed by atoms with Crippen LogP contribution in [-0.2, 0) is 0 Å². The molecule has 3 rings (SSSR count). The van der Waals surface area contributed by atoms with Crippen LogP contribution in [-0.4, -0.2) is 18.0 Å². The van der Waals surface area contributed by atoms with Crippen molar-refractivity contribution in [3.05, 3.63) is 59.9 Å². The Morgan fingerprint density at radius 3 is 2.50 bits per heavy atom. The maximum Gasteiger partial charge on any atom is 0.251 e. The highest BCUT2D eigenvalue weighted by atomic mass is 19.1. The third-order valence-corrected chi connectivity index (χ3v) is 4.09. The van der Waals surface area contributed by atoms with Crippen molar-refractivity contribution in [2.24, 2.45) is 5.73 Å². The first-order chi connectivity index (χ1) is 10.6. The molecular weight excluding hydrogens is 279 g/mol.